The van der Waals surface area contributed by atoms with E-state index in [0.717, 1.165) is 22.1 Å². The van der Waals surface area contributed by atoms with E-state index in [-0.39, 0.29) is 11.0 Å². The van der Waals surface area contributed by atoms with Gasteiger partial charge in [-0.25, -0.2) is 0 Å². The highest BCUT2D eigenvalue weighted by atomic mass is 35.5. The number of fused-ring (bicyclic) bond motifs is 1. The first-order valence-electron chi connectivity index (χ1n) is 9.07. The van der Waals surface area contributed by atoms with Crippen LogP contribution in [0.4, 0.5) is 11.4 Å². The highest BCUT2D eigenvalue weighted by Gasteiger charge is 2.19. The van der Waals surface area contributed by atoms with E-state index in [1.165, 1.54) is 0 Å². The van der Waals surface area contributed by atoms with Gasteiger partial charge in [0, 0.05) is 11.4 Å². The molecule has 4 rings (SSSR count). The maximum Gasteiger partial charge on any atom is 0.258 e. The smallest absolute Gasteiger partial charge is 0.258 e. The number of nitrogens with zero attached hydrogens (tertiary/aromatic N) is 1. The van der Waals surface area contributed by atoms with Gasteiger partial charge in [0.15, 0.2) is 5.11 Å². The summed E-state index contributed by atoms with van der Waals surface area (Å²) in [7, 11) is 0. The number of benzene rings is 4. The Morgan fingerprint density at radius 3 is 2.17 bits per heavy atom. The molecule has 0 aliphatic carbocycles. The SMILES string of the molecule is O=C(NC(=S)N(c1ccccc1)c1ccc2ccccc2c1)c1ccccc1Cl. The van der Waals surface area contributed by atoms with E-state index in [9.17, 15) is 4.79 Å². The number of amides is 1. The Morgan fingerprint density at radius 2 is 1.41 bits per heavy atom. The fourth-order valence-electron chi connectivity index (χ4n) is 3.14. The monoisotopic (exact) mass is 416 g/mol. The number of carbonyl (C=O) groups excluding carboxylic acids is 1. The molecule has 0 saturated carbocycles. The van der Waals surface area contributed by atoms with Crippen LogP contribution in [0.2, 0.25) is 5.02 Å². The molecule has 0 spiro atoms. The van der Waals surface area contributed by atoms with Gasteiger partial charge in [-0.15, -0.1) is 0 Å². The lowest BCUT2D eigenvalue weighted by Gasteiger charge is -2.26. The highest BCUT2D eigenvalue weighted by Crippen LogP contribution is 2.29. The number of carbonyl (C=O) groups is 1. The zero-order valence-corrected chi connectivity index (χ0v) is 17.0. The largest absolute Gasteiger partial charge is 0.298 e. The number of hydrogen-bond donors (Lipinski definition) is 1. The Balaban J connectivity index is 1.71. The summed E-state index contributed by atoms with van der Waals surface area (Å²) in [5.74, 6) is -0.345. The summed E-state index contributed by atoms with van der Waals surface area (Å²) in [6.45, 7) is 0. The van der Waals surface area contributed by atoms with Crippen LogP contribution in [0.3, 0.4) is 0 Å². The van der Waals surface area contributed by atoms with Gasteiger partial charge in [-0.05, 0) is 59.4 Å². The molecule has 4 aromatic rings. The lowest BCUT2D eigenvalue weighted by atomic mass is 10.1. The van der Waals surface area contributed by atoms with Crippen molar-refractivity contribution in [2.75, 3.05) is 4.90 Å². The van der Waals surface area contributed by atoms with E-state index >= 15 is 0 Å². The minimum absolute atomic E-state index is 0.274. The molecule has 0 aliphatic rings. The van der Waals surface area contributed by atoms with Crippen molar-refractivity contribution in [2.45, 2.75) is 0 Å². The summed E-state index contributed by atoms with van der Waals surface area (Å²) in [5.41, 5.74) is 2.09. The summed E-state index contributed by atoms with van der Waals surface area (Å²) in [6.07, 6.45) is 0. The average molecular weight is 417 g/mol. The van der Waals surface area contributed by atoms with Crippen LogP contribution in [0.15, 0.2) is 97.1 Å². The Morgan fingerprint density at radius 1 is 0.759 bits per heavy atom. The predicted octanol–water partition coefficient (Wildman–Crippen LogP) is 6.35. The van der Waals surface area contributed by atoms with Crippen LogP contribution in [0.1, 0.15) is 10.4 Å². The van der Waals surface area contributed by atoms with Crippen LogP contribution in [-0.2, 0) is 0 Å². The maximum atomic E-state index is 12.7. The topological polar surface area (TPSA) is 32.3 Å². The van der Waals surface area contributed by atoms with Gasteiger partial charge in [0.25, 0.3) is 5.91 Å². The second kappa shape index (κ2) is 8.43. The van der Waals surface area contributed by atoms with Crippen molar-refractivity contribution in [3.05, 3.63) is 108 Å². The van der Waals surface area contributed by atoms with Crippen LogP contribution in [0.25, 0.3) is 10.8 Å². The molecule has 0 aromatic heterocycles. The molecule has 0 bridgehead atoms. The number of hydrogen-bond acceptors (Lipinski definition) is 2. The fraction of sp³-hybridized carbons (Fsp3) is 0. The van der Waals surface area contributed by atoms with Crippen molar-refractivity contribution >= 4 is 57.0 Å². The molecule has 3 nitrogen and oxygen atoms in total. The molecule has 29 heavy (non-hydrogen) atoms. The quantitative estimate of drug-likeness (QED) is 0.395. The number of anilines is 2. The van der Waals surface area contributed by atoms with Gasteiger partial charge >= 0.3 is 0 Å². The van der Waals surface area contributed by atoms with Gasteiger partial charge < -0.3 is 0 Å². The number of thiocarbonyl (C=S) groups is 1. The molecule has 0 atom stereocenters. The molecular weight excluding hydrogens is 400 g/mol. The molecule has 0 saturated heterocycles. The molecule has 1 N–H and O–H groups in total. The van der Waals surface area contributed by atoms with Crippen molar-refractivity contribution in [3.8, 4) is 0 Å². The van der Waals surface area contributed by atoms with Gasteiger partial charge in [0.05, 0.1) is 10.6 Å². The lowest BCUT2D eigenvalue weighted by molar-refractivity contribution is 0.0977. The standard InChI is InChI=1S/C24H17ClN2OS/c25-22-13-7-6-12-21(22)23(28)26-24(29)27(19-10-2-1-3-11-19)20-15-14-17-8-4-5-9-18(17)16-20/h1-16H,(H,26,28,29). The summed E-state index contributed by atoms with van der Waals surface area (Å²) in [6, 6.07) is 30.8. The van der Waals surface area contributed by atoms with Crippen LogP contribution >= 0.6 is 23.8 Å². The summed E-state index contributed by atoms with van der Waals surface area (Å²) >= 11 is 11.8. The highest BCUT2D eigenvalue weighted by molar-refractivity contribution is 7.80. The number of rotatable bonds is 3. The van der Waals surface area contributed by atoms with E-state index in [1.54, 1.807) is 24.3 Å². The van der Waals surface area contributed by atoms with Gasteiger partial charge in [0.2, 0.25) is 0 Å². The van der Waals surface area contributed by atoms with Crippen molar-refractivity contribution in [1.29, 1.82) is 0 Å². The van der Waals surface area contributed by atoms with Gasteiger partial charge in [-0.2, -0.15) is 0 Å². The van der Waals surface area contributed by atoms with Gasteiger partial charge in [-0.3, -0.25) is 15.0 Å². The minimum atomic E-state index is -0.345. The number of nitrogens with one attached hydrogen (secondary N) is 1. The Labute approximate surface area is 179 Å². The number of halogens is 1. The molecule has 0 heterocycles. The van der Waals surface area contributed by atoms with Crippen LogP contribution in [0, 0.1) is 0 Å². The third kappa shape index (κ3) is 4.14. The van der Waals surface area contributed by atoms with Gasteiger partial charge in [0.1, 0.15) is 0 Å². The Kier molecular flexibility index (Phi) is 5.56. The average Bonchev–Trinajstić information content (AvgIpc) is 2.75. The zero-order chi connectivity index (χ0) is 20.2. The lowest BCUT2D eigenvalue weighted by Crippen LogP contribution is -2.40. The van der Waals surface area contributed by atoms with Crippen molar-refractivity contribution < 1.29 is 4.79 Å². The maximum absolute atomic E-state index is 12.7. The summed E-state index contributed by atoms with van der Waals surface area (Å²) in [4.78, 5) is 14.6. The molecule has 0 unspecified atom stereocenters. The second-order valence-electron chi connectivity index (χ2n) is 6.44. The van der Waals surface area contributed by atoms with Crippen molar-refractivity contribution in [3.63, 3.8) is 0 Å². The Bertz CT molecular complexity index is 1190. The van der Waals surface area contributed by atoms with Crippen molar-refractivity contribution in [1.82, 2.24) is 5.32 Å². The van der Waals surface area contributed by atoms with Crippen LogP contribution in [-0.4, -0.2) is 11.0 Å². The molecule has 1 amide bonds. The van der Waals surface area contributed by atoms with E-state index in [1.807, 2.05) is 65.6 Å². The molecule has 5 heteroatoms. The Hall–Kier alpha value is -3.21. The molecular formula is C24H17ClN2OS. The zero-order valence-electron chi connectivity index (χ0n) is 15.4. The molecule has 0 aliphatic heterocycles. The minimum Gasteiger partial charge on any atom is -0.298 e. The normalized spacial score (nSPS) is 10.5. The first kappa shape index (κ1) is 19.1. The molecule has 0 fully saturated rings. The summed E-state index contributed by atoms with van der Waals surface area (Å²) in [5, 5.41) is 5.69. The van der Waals surface area contributed by atoms with Gasteiger partial charge in [-0.1, -0.05) is 72.3 Å². The van der Waals surface area contributed by atoms with E-state index in [0.29, 0.717) is 10.6 Å². The third-order valence-electron chi connectivity index (χ3n) is 4.55. The van der Waals surface area contributed by atoms with E-state index in [2.05, 4.69) is 17.4 Å². The van der Waals surface area contributed by atoms with Crippen molar-refractivity contribution in [2.24, 2.45) is 0 Å². The number of para-hydroxylation sites is 1. The molecule has 0 radical (unpaired) electrons. The summed E-state index contributed by atoms with van der Waals surface area (Å²) < 4.78 is 0. The van der Waals surface area contributed by atoms with Crippen LogP contribution in [0.5, 0.6) is 0 Å². The first-order chi connectivity index (χ1) is 14.1. The molecule has 142 valence electrons. The third-order valence-corrected chi connectivity index (χ3v) is 5.16. The second-order valence-corrected chi connectivity index (χ2v) is 7.24. The van der Waals surface area contributed by atoms with E-state index in [4.69, 9.17) is 23.8 Å². The fourth-order valence-corrected chi connectivity index (χ4v) is 3.67. The van der Waals surface area contributed by atoms with Crippen LogP contribution < -0.4 is 10.2 Å². The first-order valence-corrected chi connectivity index (χ1v) is 9.86. The predicted molar refractivity (Wildman–Crippen MR) is 124 cm³/mol. The molecule has 4 aromatic carbocycles. The van der Waals surface area contributed by atoms with E-state index < -0.39 is 0 Å².